The monoisotopic (exact) mass is 496 g/mol. The Morgan fingerprint density at radius 2 is 1.80 bits per heavy atom. The Kier molecular flexibility index (Phi) is 7.31. The second-order valence-corrected chi connectivity index (χ2v) is 10.5. The Balaban J connectivity index is 1.80. The van der Waals surface area contributed by atoms with Crippen LogP contribution in [0.4, 0.5) is 4.39 Å². The number of carbonyl (C=O) groups is 1. The molecule has 8 heteroatoms. The van der Waals surface area contributed by atoms with E-state index in [1.807, 2.05) is 37.3 Å². The van der Waals surface area contributed by atoms with Gasteiger partial charge in [0.1, 0.15) is 5.82 Å². The van der Waals surface area contributed by atoms with Crippen LogP contribution in [0.25, 0.3) is 0 Å². The van der Waals surface area contributed by atoms with Crippen LogP contribution >= 0.6 is 15.9 Å². The van der Waals surface area contributed by atoms with E-state index in [1.54, 1.807) is 10.4 Å². The Bertz CT molecular complexity index is 991. The zero-order valence-electron chi connectivity index (χ0n) is 16.9. The number of sulfonamides is 1. The van der Waals surface area contributed by atoms with Gasteiger partial charge in [0.25, 0.3) is 5.91 Å². The molecule has 3 rings (SSSR count). The molecule has 2 aromatic carbocycles. The number of carbonyl (C=O) groups excluding carboxylic acids is 1. The summed E-state index contributed by atoms with van der Waals surface area (Å²) in [4.78, 5) is 12.7. The summed E-state index contributed by atoms with van der Waals surface area (Å²) in [7, 11) is -3.25. The van der Waals surface area contributed by atoms with Gasteiger partial charge in [-0.15, -0.1) is 0 Å². The van der Waals surface area contributed by atoms with Gasteiger partial charge in [-0.25, -0.2) is 17.1 Å². The highest BCUT2D eigenvalue weighted by Crippen LogP contribution is 2.36. The lowest BCUT2D eigenvalue weighted by atomic mass is 9.73. The molecular formula is C22H26BrFN2O3S. The Hall–Kier alpha value is -1.77. The van der Waals surface area contributed by atoms with E-state index in [9.17, 15) is 17.6 Å². The maximum absolute atomic E-state index is 13.8. The van der Waals surface area contributed by atoms with Gasteiger partial charge >= 0.3 is 0 Å². The molecule has 1 saturated heterocycles. The van der Waals surface area contributed by atoms with Crippen LogP contribution in [-0.4, -0.2) is 44.0 Å². The highest BCUT2D eigenvalue weighted by Gasteiger charge is 2.39. The number of hydrogen-bond acceptors (Lipinski definition) is 3. The minimum atomic E-state index is -3.25. The number of halogens is 2. The van der Waals surface area contributed by atoms with Gasteiger partial charge in [-0.05, 0) is 52.9 Å². The molecule has 1 heterocycles. The van der Waals surface area contributed by atoms with Crippen molar-refractivity contribution in [3.05, 3.63) is 69.9 Å². The lowest BCUT2D eigenvalue weighted by Crippen LogP contribution is -2.50. The number of benzene rings is 2. The molecule has 30 heavy (non-hydrogen) atoms. The topological polar surface area (TPSA) is 66.5 Å². The fourth-order valence-corrected chi connectivity index (χ4v) is 5.92. The number of hydrogen-bond donors (Lipinski definition) is 1. The zero-order chi connectivity index (χ0) is 21.8. The summed E-state index contributed by atoms with van der Waals surface area (Å²) in [5.74, 6) is -0.706. The van der Waals surface area contributed by atoms with E-state index in [4.69, 9.17) is 0 Å². The van der Waals surface area contributed by atoms with E-state index < -0.39 is 15.8 Å². The van der Waals surface area contributed by atoms with Crippen LogP contribution in [0.15, 0.2) is 53.0 Å². The number of rotatable bonds is 7. The number of piperidine rings is 1. The summed E-state index contributed by atoms with van der Waals surface area (Å²) in [6.07, 6.45) is 1.79. The fraction of sp³-hybridized carbons (Fsp3) is 0.409. The Morgan fingerprint density at radius 3 is 2.43 bits per heavy atom. The van der Waals surface area contributed by atoms with Crippen molar-refractivity contribution in [3.8, 4) is 0 Å². The Morgan fingerprint density at radius 1 is 1.13 bits per heavy atom. The molecule has 2 aromatic rings. The van der Waals surface area contributed by atoms with E-state index in [1.165, 1.54) is 12.1 Å². The van der Waals surface area contributed by atoms with Crippen LogP contribution in [0, 0.1) is 5.82 Å². The molecule has 1 aliphatic heterocycles. The summed E-state index contributed by atoms with van der Waals surface area (Å²) in [6, 6.07) is 14.2. The van der Waals surface area contributed by atoms with Gasteiger partial charge in [0.15, 0.2) is 0 Å². The minimum Gasteiger partial charge on any atom is -0.351 e. The third-order valence-corrected chi connectivity index (χ3v) is 8.59. The van der Waals surface area contributed by atoms with Crippen LogP contribution in [-0.2, 0) is 15.4 Å². The maximum atomic E-state index is 13.8. The summed E-state index contributed by atoms with van der Waals surface area (Å²) < 4.78 is 40.4. The number of amides is 1. The third-order valence-electron chi connectivity index (χ3n) is 5.70. The second-order valence-electron chi connectivity index (χ2n) is 7.65. The van der Waals surface area contributed by atoms with Gasteiger partial charge < -0.3 is 5.32 Å². The third kappa shape index (κ3) is 4.92. The van der Waals surface area contributed by atoms with Crippen LogP contribution < -0.4 is 5.32 Å². The minimum absolute atomic E-state index is 0.136. The quantitative estimate of drug-likeness (QED) is 0.627. The molecule has 1 fully saturated rings. The van der Waals surface area contributed by atoms with E-state index in [-0.39, 0.29) is 27.1 Å². The first-order valence-corrected chi connectivity index (χ1v) is 12.4. The standard InChI is InChI=1S/C22H26BrFN2O3S/c1-2-15-30(28,29)26-13-11-22(12-14-26,17-7-4-3-5-8-17)16-25-21(27)18-9-6-10-19(24)20(18)23/h3-10H,2,11-16H2,1H3,(H,25,27). The molecule has 1 N–H and O–H groups in total. The lowest BCUT2D eigenvalue weighted by Gasteiger charge is -2.42. The molecule has 1 aliphatic rings. The van der Waals surface area contributed by atoms with Gasteiger partial charge in [0.2, 0.25) is 10.0 Å². The largest absolute Gasteiger partial charge is 0.351 e. The molecule has 1 amide bonds. The predicted molar refractivity (Wildman–Crippen MR) is 119 cm³/mol. The van der Waals surface area contributed by atoms with Crippen molar-refractivity contribution in [1.82, 2.24) is 9.62 Å². The highest BCUT2D eigenvalue weighted by molar-refractivity contribution is 9.10. The van der Waals surface area contributed by atoms with Crippen molar-refractivity contribution in [2.75, 3.05) is 25.4 Å². The normalized spacial score (nSPS) is 16.9. The number of nitrogens with zero attached hydrogens (tertiary/aromatic N) is 1. The van der Waals surface area contributed by atoms with E-state index >= 15 is 0 Å². The molecular weight excluding hydrogens is 471 g/mol. The van der Waals surface area contributed by atoms with Crippen molar-refractivity contribution in [2.45, 2.75) is 31.6 Å². The molecule has 0 unspecified atom stereocenters. The summed E-state index contributed by atoms with van der Waals surface area (Å²) in [5, 5.41) is 2.95. The summed E-state index contributed by atoms with van der Waals surface area (Å²) >= 11 is 3.14. The average molecular weight is 497 g/mol. The van der Waals surface area contributed by atoms with Gasteiger partial charge in [-0.1, -0.05) is 43.3 Å². The molecule has 0 bridgehead atoms. The van der Waals surface area contributed by atoms with Crippen LogP contribution in [0.2, 0.25) is 0 Å². The van der Waals surface area contributed by atoms with Crippen molar-refractivity contribution < 1.29 is 17.6 Å². The van der Waals surface area contributed by atoms with E-state index in [2.05, 4.69) is 21.2 Å². The fourth-order valence-electron chi connectivity index (χ4n) is 3.96. The van der Waals surface area contributed by atoms with Gasteiger partial charge in [-0.2, -0.15) is 0 Å². The Labute approximate surface area is 185 Å². The molecule has 0 saturated carbocycles. The number of nitrogens with one attached hydrogen (secondary N) is 1. The smallest absolute Gasteiger partial charge is 0.252 e. The van der Waals surface area contributed by atoms with E-state index in [0.717, 1.165) is 5.56 Å². The van der Waals surface area contributed by atoms with Gasteiger partial charge in [0.05, 0.1) is 15.8 Å². The second kappa shape index (κ2) is 9.58. The summed E-state index contributed by atoms with van der Waals surface area (Å²) in [6.45, 7) is 3.03. The average Bonchev–Trinajstić information content (AvgIpc) is 2.75. The molecule has 0 aliphatic carbocycles. The van der Waals surface area contributed by atoms with Crippen LogP contribution in [0.1, 0.15) is 42.1 Å². The van der Waals surface area contributed by atoms with Crippen molar-refractivity contribution in [1.29, 1.82) is 0 Å². The first-order valence-electron chi connectivity index (χ1n) is 10.0. The molecule has 0 aromatic heterocycles. The zero-order valence-corrected chi connectivity index (χ0v) is 19.3. The van der Waals surface area contributed by atoms with Crippen LogP contribution in [0.5, 0.6) is 0 Å². The maximum Gasteiger partial charge on any atom is 0.252 e. The summed E-state index contributed by atoms with van der Waals surface area (Å²) in [5.41, 5.74) is 0.923. The highest BCUT2D eigenvalue weighted by atomic mass is 79.9. The van der Waals surface area contributed by atoms with Crippen molar-refractivity contribution in [2.24, 2.45) is 0 Å². The molecule has 0 atom stereocenters. The van der Waals surface area contributed by atoms with Crippen molar-refractivity contribution in [3.63, 3.8) is 0 Å². The molecule has 0 spiro atoms. The molecule has 162 valence electrons. The lowest BCUT2D eigenvalue weighted by molar-refractivity contribution is 0.0931. The predicted octanol–water partition coefficient (Wildman–Crippen LogP) is 4.09. The van der Waals surface area contributed by atoms with Gasteiger partial charge in [-0.3, -0.25) is 4.79 Å². The molecule has 5 nitrogen and oxygen atoms in total. The molecule has 0 radical (unpaired) electrons. The first kappa shape index (κ1) is 22.9. The first-order chi connectivity index (χ1) is 14.3. The SMILES string of the molecule is CCCS(=O)(=O)N1CCC(CNC(=O)c2cccc(F)c2Br)(c2ccccc2)CC1. The van der Waals surface area contributed by atoms with Crippen molar-refractivity contribution >= 4 is 31.9 Å². The van der Waals surface area contributed by atoms with E-state index in [0.29, 0.717) is 38.9 Å². The van der Waals surface area contributed by atoms with Gasteiger partial charge in [0, 0.05) is 25.0 Å². The van der Waals surface area contributed by atoms with Crippen LogP contribution in [0.3, 0.4) is 0 Å².